The quantitative estimate of drug-likeness (QED) is 0.775. The van der Waals surface area contributed by atoms with Gasteiger partial charge in [-0.15, -0.1) is 0 Å². The Morgan fingerprint density at radius 2 is 1.74 bits per heavy atom. The molecule has 2 rings (SSSR count). The monoisotopic (exact) mass is 262 g/mol. The predicted octanol–water partition coefficient (Wildman–Crippen LogP) is 4.42. The molecule has 0 aliphatic rings. The van der Waals surface area contributed by atoms with Gasteiger partial charge in [0.05, 0.1) is 0 Å². The molecule has 0 bridgehead atoms. The Hall–Kier alpha value is -1.90. The van der Waals surface area contributed by atoms with Crippen molar-refractivity contribution >= 4 is 0 Å². The fourth-order valence-corrected chi connectivity index (χ4v) is 1.79. The summed E-state index contributed by atoms with van der Waals surface area (Å²) < 4.78 is 33.0. The van der Waals surface area contributed by atoms with Crippen molar-refractivity contribution in [3.63, 3.8) is 0 Å². The SMILES string of the molecule is CCc1cccc(OCC(F)(F)c2ccccc2)c1. The Balaban J connectivity index is 2.05. The van der Waals surface area contributed by atoms with Crippen LogP contribution in [-0.4, -0.2) is 6.61 Å². The fourth-order valence-electron chi connectivity index (χ4n) is 1.79. The van der Waals surface area contributed by atoms with E-state index >= 15 is 0 Å². The molecule has 0 saturated heterocycles. The Bertz CT molecular complexity index is 523. The van der Waals surface area contributed by atoms with Crippen LogP contribution in [0.4, 0.5) is 8.78 Å². The van der Waals surface area contributed by atoms with Crippen molar-refractivity contribution in [3.05, 3.63) is 65.7 Å². The third-order valence-electron chi connectivity index (χ3n) is 2.92. The molecule has 1 nitrogen and oxygen atoms in total. The molecule has 0 heterocycles. The van der Waals surface area contributed by atoms with E-state index < -0.39 is 12.5 Å². The van der Waals surface area contributed by atoms with Crippen LogP contribution < -0.4 is 4.74 Å². The zero-order valence-electron chi connectivity index (χ0n) is 10.8. The highest BCUT2D eigenvalue weighted by molar-refractivity contribution is 5.29. The maximum Gasteiger partial charge on any atom is 0.306 e. The van der Waals surface area contributed by atoms with E-state index in [-0.39, 0.29) is 5.56 Å². The van der Waals surface area contributed by atoms with E-state index in [1.54, 1.807) is 30.3 Å². The van der Waals surface area contributed by atoms with Gasteiger partial charge in [0.25, 0.3) is 0 Å². The lowest BCUT2D eigenvalue weighted by Gasteiger charge is -2.17. The first-order valence-corrected chi connectivity index (χ1v) is 6.27. The molecule has 0 aliphatic carbocycles. The number of hydrogen-bond acceptors (Lipinski definition) is 1. The molecule has 100 valence electrons. The molecule has 2 aromatic rings. The Labute approximate surface area is 111 Å². The maximum absolute atomic E-state index is 13.9. The molecular weight excluding hydrogens is 246 g/mol. The summed E-state index contributed by atoms with van der Waals surface area (Å²) in [6, 6.07) is 15.0. The second-order valence-electron chi connectivity index (χ2n) is 4.36. The molecule has 0 aromatic heterocycles. The van der Waals surface area contributed by atoms with Gasteiger partial charge in [-0.2, -0.15) is 8.78 Å². The van der Waals surface area contributed by atoms with Crippen molar-refractivity contribution in [2.75, 3.05) is 6.61 Å². The molecule has 0 N–H and O–H groups in total. The van der Waals surface area contributed by atoms with E-state index in [2.05, 4.69) is 0 Å². The summed E-state index contributed by atoms with van der Waals surface area (Å²) in [7, 11) is 0. The molecule has 0 fully saturated rings. The van der Waals surface area contributed by atoms with Crippen LogP contribution in [0, 0.1) is 0 Å². The zero-order valence-corrected chi connectivity index (χ0v) is 10.8. The topological polar surface area (TPSA) is 9.23 Å². The summed E-state index contributed by atoms with van der Waals surface area (Å²) in [4.78, 5) is 0. The molecule has 0 amide bonds. The van der Waals surface area contributed by atoms with Gasteiger partial charge in [-0.05, 0) is 24.1 Å². The number of halogens is 2. The smallest absolute Gasteiger partial charge is 0.306 e. The first-order chi connectivity index (χ1) is 9.12. The van der Waals surface area contributed by atoms with E-state index in [0.717, 1.165) is 12.0 Å². The van der Waals surface area contributed by atoms with Gasteiger partial charge >= 0.3 is 5.92 Å². The lowest BCUT2D eigenvalue weighted by atomic mass is 10.1. The lowest BCUT2D eigenvalue weighted by Crippen LogP contribution is -2.23. The maximum atomic E-state index is 13.9. The second kappa shape index (κ2) is 5.83. The summed E-state index contributed by atoms with van der Waals surface area (Å²) in [6.07, 6.45) is 0.853. The van der Waals surface area contributed by atoms with Crippen LogP contribution >= 0.6 is 0 Å². The minimum Gasteiger partial charge on any atom is -0.487 e. The minimum absolute atomic E-state index is 0.0263. The summed E-state index contributed by atoms with van der Waals surface area (Å²) in [5, 5.41) is 0. The van der Waals surface area contributed by atoms with E-state index in [1.807, 2.05) is 19.1 Å². The van der Waals surface area contributed by atoms with Crippen molar-refractivity contribution < 1.29 is 13.5 Å². The first-order valence-electron chi connectivity index (χ1n) is 6.27. The molecule has 0 saturated carbocycles. The van der Waals surface area contributed by atoms with Crippen LogP contribution in [0.1, 0.15) is 18.1 Å². The van der Waals surface area contributed by atoms with Crippen molar-refractivity contribution in [2.45, 2.75) is 19.3 Å². The van der Waals surface area contributed by atoms with Crippen LogP contribution in [0.3, 0.4) is 0 Å². The fraction of sp³-hybridized carbons (Fsp3) is 0.250. The largest absolute Gasteiger partial charge is 0.487 e. The van der Waals surface area contributed by atoms with Gasteiger partial charge in [0.15, 0.2) is 6.61 Å². The molecule has 2 aromatic carbocycles. The lowest BCUT2D eigenvalue weighted by molar-refractivity contribution is -0.0467. The summed E-state index contributed by atoms with van der Waals surface area (Å²) in [5.74, 6) is -2.50. The van der Waals surface area contributed by atoms with Crippen molar-refractivity contribution in [1.29, 1.82) is 0 Å². The zero-order chi connectivity index (χ0) is 13.7. The normalized spacial score (nSPS) is 11.3. The third kappa shape index (κ3) is 3.53. The predicted molar refractivity (Wildman–Crippen MR) is 71.7 cm³/mol. The molecule has 0 radical (unpaired) electrons. The number of ether oxygens (including phenoxy) is 1. The third-order valence-corrected chi connectivity index (χ3v) is 2.92. The average Bonchev–Trinajstić information content (AvgIpc) is 2.46. The summed E-state index contributed by atoms with van der Waals surface area (Å²) in [6.45, 7) is 1.36. The minimum atomic E-state index is -2.98. The van der Waals surface area contributed by atoms with E-state index in [9.17, 15) is 8.78 Å². The summed E-state index contributed by atoms with van der Waals surface area (Å²) in [5.41, 5.74) is 1.04. The van der Waals surface area contributed by atoms with Crippen LogP contribution in [-0.2, 0) is 12.3 Å². The van der Waals surface area contributed by atoms with Gasteiger partial charge in [-0.1, -0.05) is 49.4 Å². The van der Waals surface area contributed by atoms with E-state index in [4.69, 9.17) is 4.74 Å². The van der Waals surface area contributed by atoms with E-state index in [1.165, 1.54) is 12.1 Å². The first kappa shape index (κ1) is 13.5. The van der Waals surface area contributed by atoms with Crippen molar-refractivity contribution in [2.24, 2.45) is 0 Å². The second-order valence-corrected chi connectivity index (χ2v) is 4.36. The van der Waals surface area contributed by atoms with Crippen LogP contribution in [0.25, 0.3) is 0 Å². The highest BCUT2D eigenvalue weighted by Gasteiger charge is 2.32. The number of aryl methyl sites for hydroxylation is 1. The van der Waals surface area contributed by atoms with Crippen LogP contribution in [0.2, 0.25) is 0 Å². The van der Waals surface area contributed by atoms with Gasteiger partial charge in [-0.25, -0.2) is 0 Å². The van der Waals surface area contributed by atoms with Gasteiger partial charge in [-0.3, -0.25) is 0 Å². The highest BCUT2D eigenvalue weighted by Crippen LogP contribution is 2.28. The molecule has 3 heteroatoms. The van der Waals surface area contributed by atoms with Crippen molar-refractivity contribution in [1.82, 2.24) is 0 Å². The molecule has 19 heavy (non-hydrogen) atoms. The Kier molecular flexibility index (Phi) is 4.15. The van der Waals surface area contributed by atoms with Gasteiger partial charge in [0, 0.05) is 5.56 Å². The van der Waals surface area contributed by atoms with E-state index in [0.29, 0.717) is 5.75 Å². The number of benzene rings is 2. The molecule has 0 atom stereocenters. The average molecular weight is 262 g/mol. The number of hydrogen-bond donors (Lipinski definition) is 0. The van der Waals surface area contributed by atoms with Crippen LogP contribution in [0.15, 0.2) is 54.6 Å². The Morgan fingerprint density at radius 3 is 2.42 bits per heavy atom. The van der Waals surface area contributed by atoms with Gasteiger partial charge < -0.3 is 4.74 Å². The number of alkyl halides is 2. The van der Waals surface area contributed by atoms with Crippen molar-refractivity contribution in [3.8, 4) is 5.75 Å². The Morgan fingerprint density at radius 1 is 1.00 bits per heavy atom. The molecule has 0 aliphatic heterocycles. The standard InChI is InChI=1S/C16H16F2O/c1-2-13-7-6-10-15(11-13)19-12-16(17,18)14-8-4-3-5-9-14/h3-11H,2,12H2,1H3. The van der Waals surface area contributed by atoms with Gasteiger partial charge in [0.1, 0.15) is 5.75 Å². The van der Waals surface area contributed by atoms with Crippen LogP contribution in [0.5, 0.6) is 5.75 Å². The molecule has 0 unspecified atom stereocenters. The number of rotatable bonds is 5. The highest BCUT2D eigenvalue weighted by atomic mass is 19.3. The molecule has 0 spiro atoms. The van der Waals surface area contributed by atoms with Gasteiger partial charge in [0.2, 0.25) is 0 Å². The molecular formula is C16H16F2O. The summed E-state index contributed by atoms with van der Waals surface area (Å²) >= 11 is 0.